The molecule has 0 radical (unpaired) electrons. The predicted octanol–water partition coefficient (Wildman–Crippen LogP) is 1.19. The number of carboxylic acid groups (broad SMARTS) is 1. The number of carbonyl (C=O) groups is 3. The van der Waals surface area contributed by atoms with Crippen LogP contribution in [0.4, 0.5) is 5.69 Å². The van der Waals surface area contributed by atoms with Crippen molar-refractivity contribution < 1.29 is 19.5 Å². The highest BCUT2D eigenvalue weighted by atomic mass is 16.4. The molecule has 1 atom stereocenters. The van der Waals surface area contributed by atoms with Crippen LogP contribution in [0.1, 0.15) is 36.2 Å². The fraction of sp³-hybridized carbons (Fsp3) is 0.400. The van der Waals surface area contributed by atoms with Gasteiger partial charge in [0.2, 0.25) is 11.8 Å². The summed E-state index contributed by atoms with van der Waals surface area (Å²) in [5.41, 5.74) is 1.80. The van der Waals surface area contributed by atoms with E-state index in [1.54, 1.807) is 24.0 Å². The summed E-state index contributed by atoms with van der Waals surface area (Å²) < 4.78 is 0. The van der Waals surface area contributed by atoms with Gasteiger partial charge in [0.25, 0.3) is 0 Å². The van der Waals surface area contributed by atoms with Crippen LogP contribution in [0, 0.1) is 0 Å². The molecule has 2 N–H and O–H groups in total. The van der Waals surface area contributed by atoms with Crippen molar-refractivity contribution in [3.05, 3.63) is 29.3 Å². The highest BCUT2D eigenvalue weighted by Gasteiger charge is 2.27. The zero-order chi connectivity index (χ0) is 15.6. The van der Waals surface area contributed by atoms with E-state index in [0.717, 1.165) is 24.1 Å². The molecule has 0 saturated carbocycles. The van der Waals surface area contributed by atoms with Gasteiger partial charge in [0.15, 0.2) is 0 Å². The first kappa shape index (κ1) is 15.0. The number of fused-ring (bicyclic) bond motifs is 1. The summed E-state index contributed by atoms with van der Waals surface area (Å²) >= 11 is 0. The molecule has 2 rings (SSSR count). The van der Waals surface area contributed by atoms with Gasteiger partial charge in [-0.15, -0.1) is 0 Å². The number of rotatable bonds is 3. The van der Waals surface area contributed by atoms with Gasteiger partial charge in [-0.3, -0.25) is 9.59 Å². The lowest BCUT2D eigenvalue weighted by atomic mass is 9.98. The minimum absolute atomic E-state index is 0.186. The average molecular weight is 290 g/mol. The normalized spacial score (nSPS) is 15.0. The van der Waals surface area contributed by atoms with Gasteiger partial charge in [0.05, 0.1) is 5.56 Å². The number of carboxylic acids is 1. The quantitative estimate of drug-likeness (QED) is 0.875. The molecule has 1 aromatic rings. The first-order valence-electron chi connectivity index (χ1n) is 6.85. The van der Waals surface area contributed by atoms with Crippen LogP contribution in [0.25, 0.3) is 0 Å². The molecule has 21 heavy (non-hydrogen) atoms. The Morgan fingerprint density at radius 1 is 1.33 bits per heavy atom. The minimum Gasteiger partial charge on any atom is -0.478 e. The molecular formula is C15H18N2O4. The highest BCUT2D eigenvalue weighted by molar-refractivity contribution is 6.00. The van der Waals surface area contributed by atoms with Gasteiger partial charge in [-0.25, -0.2) is 4.79 Å². The zero-order valence-electron chi connectivity index (χ0n) is 12.0. The minimum atomic E-state index is -0.979. The Balaban J connectivity index is 2.27. The molecule has 0 fully saturated rings. The molecule has 6 nitrogen and oxygen atoms in total. The topological polar surface area (TPSA) is 86.7 Å². The molecular weight excluding hydrogens is 272 g/mol. The smallest absolute Gasteiger partial charge is 0.335 e. The Morgan fingerprint density at radius 3 is 2.67 bits per heavy atom. The van der Waals surface area contributed by atoms with E-state index >= 15 is 0 Å². The molecule has 2 amide bonds. The summed E-state index contributed by atoms with van der Waals surface area (Å²) in [6, 6.07) is 4.17. The average Bonchev–Trinajstić information content (AvgIpc) is 2.44. The third kappa shape index (κ3) is 3.21. The maximum absolute atomic E-state index is 12.4. The fourth-order valence-corrected chi connectivity index (χ4v) is 2.56. The summed E-state index contributed by atoms with van der Waals surface area (Å²) in [6.07, 6.45) is 1.52. The second kappa shape index (κ2) is 5.95. The second-order valence-corrected chi connectivity index (χ2v) is 5.16. The van der Waals surface area contributed by atoms with Crippen molar-refractivity contribution in [3.8, 4) is 0 Å². The van der Waals surface area contributed by atoms with Crippen molar-refractivity contribution in [3.63, 3.8) is 0 Å². The first-order chi connectivity index (χ1) is 9.90. The van der Waals surface area contributed by atoms with E-state index in [4.69, 9.17) is 5.11 Å². The molecule has 1 heterocycles. The molecule has 1 unspecified atom stereocenters. The van der Waals surface area contributed by atoms with Crippen LogP contribution in [0.2, 0.25) is 0 Å². The number of anilines is 1. The van der Waals surface area contributed by atoms with Crippen molar-refractivity contribution in [2.24, 2.45) is 0 Å². The molecule has 1 aromatic carbocycles. The van der Waals surface area contributed by atoms with Gasteiger partial charge in [0.1, 0.15) is 6.04 Å². The fourth-order valence-electron chi connectivity index (χ4n) is 2.56. The molecule has 1 aliphatic heterocycles. The highest BCUT2D eigenvalue weighted by Crippen LogP contribution is 2.28. The SMILES string of the molecule is CC(=O)NC(C)C(=O)N1CCCc2cc(C(=O)O)ccc21. The zero-order valence-corrected chi connectivity index (χ0v) is 12.0. The van der Waals surface area contributed by atoms with Crippen LogP contribution in [-0.2, 0) is 16.0 Å². The number of hydrogen-bond donors (Lipinski definition) is 2. The Hall–Kier alpha value is -2.37. The van der Waals surface area contributed by atoms with Crippen LogP contribution in [0.5, 0.6) is 0 Å². The molecule has 0 saturated heterocycles. The van der Waals surface area contributed by atoms with Gasteiger partial charge in [0, 0.05) is 19.2 Å². The van der Waals surface area contributed by atoms with E-state index in [2.05, 4.69) is 5.32 Å². The van der Waals surface area contributed by atoms with Gasteiger partial charge >= 0.3 is 5.97 Å². The second-order valence-electron chi connectivity index (χ2n) is 5.16. The van der Waals surface area contributed by atoms with Crippen LogP contribution >= 0.6 is 0 Å². The lowest BCUT2D eigenvalue weighted by Gasteiger charge is -2.31. The Morgan fingerprint density at radius 2 is 2.05 bits per heavy atom. The van der Waals surface area contributed by atoms with E-state index in [1.165, 1.54) is 13.0 Å². The number of aryl methyl sites for hydroxylation is 1. The third-order valence-electron chi connectivity index (χ3n) is 3.50. The number of nitrogens with one attached hydrogen (secondary N) is 1. The van der Waals surface area contributed by atoms with Crippen LogP contribution in [0.15, 0.2) is 18.2 Å². The standard InChI is InChI=1S/C15H18N2O4/c1-9(16-10(2)18)14(19)17-7-3-4-11-8-12(15(20)21)5-6-13(11)17/h5-6,8-9H,3-4,7H2,1-2H3,(H,16,18)(H,20,21). The largest absolute Gasteiger partial charge is 0.478 e. The lowest BCUT2D eigenvalue weighted by molar-refractivity contribution is -0.126. The van der Waals surface area contributed by atoms with Crippen molar-refractivity contribution >= 4 is 23.5 Å². The third-order valence-corrected chi connectivity index (χ3v) is 3.50. The molecule has 0 spiro atoms. The Labute approximate surface area is 122 Å². The Bertz CT molecular complexity index is 597. The molecule has 1 aliphatic rings. The number of aromatic carboxylic acids is 1. The molecule has 0 aromatic heterocycles. The number of benzene rings is 1. The van der Waals surface area contributed by atoms with Crippen LogP contribution < -0.4 is 10.2 Å². The summed E-state index contributed by atoms with van der Waals surface area (Å²) in [4.78, 5) is 36.1. The van der Waals surface area contributed by atoms with Gasteiger partial charge < -0.3 is 15.3 Å². The molecule has 6 heteroatoms. The van der Waals surface area contributed by atoms with Gasteiger partial charge in [-0.05, 0) is 43.5 Å². The van der Waals surface area contributed by atoms with Crippen molar-refractivity contribution in [1.82, 2.24) is 5.32 Å². The number of amides is 2. The van der Waals surface area contributed by atoms with E-state index in [-0.39, 0.29) is 17.4 Å². The summed E-state index contributed by atoms with van der Waals surface area (Å²) in [5.74, 6) is -1.42. The number of nitrogens with zero attached hydrogens (tertiary/aromatic N) is 1. The van der Waals surface area contributed by atoms with Crippen molar-refractivity contribution in [2.75, 3.05) is 11.4 Å². The van der Waals surface area contributed by atoms with Gasteiger partial charge in [-0.2, -0.15) is 0 Å². The summed E-state index contributed by atoms with van der Waals surface area (Å²) in [7, 11) is 0. The van der Waals surface area contributed by atoms with Crippen molar-refractivity contribution in [2.45, 2.75) is 32.7 Å². The summed E-state index contributed by atoms with van der Waals surface area (Å²) in [5, 5.41) is 11.6. The maximum atomic E-state index is 12.4. The number of carbonyl (C=O) groups excluding carboxylic acids is 2. The monoisotopic (exact) mass is 290 g/mol. The lowest BCUT2D eigenvalue weighted by Crippen LogP contribution is -2.48. The van der Waals surface area contributed by atoms with Gasteiger partial charge in [-0.1, -0.05) is 0 Å². The van der Waals surface area contributed by atoms with Crippen LogP contribution in [-0.4, -0.2) is 35.5 Å². The predicted molar refractivity (Wildman–Crippen MR) is 77.4 cm³/mol. The van der Waals surface area contributed by atoms with E-state index in [1.807, 2.05) is 0 Å². The molecule has 0 aliphatic carbocycles. The van der Waals surface area contributed by atoms with E-state index in [9.17, 15) is 14.4 Å². The van der Waals surface area contributed by atoms with E-state index < -0.39 is 12.0 Å². The van der Waals surface area contributed by atoms with Crippen LogP contribution in [0.3, 0.4) is 0 Å². The number of hydrogen-bond acceptors (Lipinski definition) is 3. The van der Waals surface area contributed by atoms with Crippen molar-refractivity contribution in [1.29, 1.82) is 0 Å². The van der Waals surface area contributed by atoms with E-state index in [0.29, 0.717) is 6.54 Å². The molecule has 112 valence electrons. The molecule has 0 bridgehead atoms. The maximum Gasteiger partial charge on any atom is 0.335 e. The first-order valence-corrected chi connectivity index (χ1v) is 6.85. The Kier molecular flexibility index (Phi) is 4.26. The summed E-state index contributed by atoms with van der Waals surface area (Å²) in [6.45, 7) is 3.58.